The summed E-state index contributed by atoms with van der Waals surface area (Å²) in [7, 11) is 0. The number of nitrogens with one attached hydrogen (secondary N) is 2. The molecule has 0 spiro atoms. The lowest BCUT2D eigenvalue weighted by Crippen LogP contribution is -2.12. The van der Waals surface area contributed by atoms with Crippen LogP contribution in [0.5, 0.6) is 0 Å². The van der Waals surface area contributed by atoms with Gasteiger partial charge >= 0.3 is 0 Å². The van der Waals surface area contributed by atoms with Gasteiger partial charge in [-0.15, -0.1) is 0 Å². The Labute approximate surface area is 140 Å². The Balaban J connectivity index is 1.69. The summed E-state index contributed by atoms with van der Waals surface area (Å²) in [6.07, 6.45) is 0.404. The number of fused-ring (bicyclic) bond motifs is 1. The molecule has 0 radical (unpaired) electrons. The van der Waals surface area contributed by atoms with Crippen LogP contribution in [-0.2, 0) is 11.3 Å². The van der Waals surface area contributed by atoms with Crippen LogP contribution in [0.4, 0.5) is 17.3 Å². The number of hydrogen-bond donors (Lipinski definition) is 3. The second-order valence-corrected chi connectivity index (χ2v) is 5.57. The molecular formula is C19H20N4O. The fourth-order valence-electron chi connectivity index (χ4n) is 2.46. The molecule has 0 atom stereocenters. The Morgan fingerprint density at radius 2 is 1.88 bits per heavy atom. The van der Waals surface area contributed by atoms with Crippen LogP contribution in [0.3, 0.4) is 0 Å². The first-order chi connectivity index (χ1) is 11.7. The van der Waals surface area contributed by atoms with Gasteiger partial charge in [0.25, 0.3) is 0 Å². The van der Waals surface area contributed by atoms with Gasteiger partial charge in [-0.2, -0.15) is 0 Å². The van der Waals surface area contributed by atoms with Crippen LogP contribution >= 0.6 is 0 Å². The van der Waals surface area contributed by atoms with Crippen molar-refractivity contribution in [3.8, 4) is 0 Å². The van der Waals surface area contributed by atoms with Crippen molar-refractivity contribution < 1.29 is 4.79 Å². The average Bonchev–Trinajstić information content (AvgIpc) is 2.61. The van der Waals surface area contributed by atoms with E-state index in [9.17, 15) is 4.79 Å². The van der Waals surface area contributed by atoms with E-state index in [-0.39, 0.29) is 5.91 Å². The van der Waals surface area contributed by atoms with Gasteiger partial charge in [-0.1, -0.05) is 43.3 Å². The molecule has 3 aromatic rings. The van der Waals surface area contributed by atoms with Crippen molar-refractivity contribution in [2.45, 2.75) is 19.9 Å². The van der Waals surface area contributed by atoms with Crippen molar-refractivity contribution in [1.29, 1.82) is 0 Å². The summed E-state index contributed by atoms with van der Waals surface area (Å²) in [5.74, 6) is 0.899. The highest BCUT2D eigenvalue weighted by Crippen LogP contribution is 2.20. The zero-order valence-electron chi connectivity index (χ0n) is 13.5. The highest BCUT2D eigenvalue weighted by atomic mass is 16.1. The monoisotopic (exact) mass is 320 g/mol. The summed E-state index contributed by atoms with van der Waals surface area (Å²) in [6, 6.07) is 18.2. The molecule has 5 heteroatoms. The molecule has 24 heavy (non-hydrogen) atoms. The Kier molecular flexibility index (Phi) is 4.61. The van der Waals surface area contributed by atoms with Crippen molar-refractivity contribution in [3.05, 3.63) is 60.2 Å². The van der Waals surface area contributed by atoms with Crippen LogP contribution in [-0.4, -0.2) is 10.9 Å². The number of rotatable bonds is 5. The maximum absolute atomic E-state index is 11.4. The van der Waals surface area contributed by atoms with E-state index in [0.717, 1.165) is 5.56 Å². The van der Waals surface area contributed by atoms with Crippen LogP contribution in [0.2, 0.25) is 0 Å². The van der Waals surface area contributed by atoms with Crippen LogP contribution in [0.15, 0.2) is 54.6 Å². The van der Waals surface area contributed by atoms with Gasteiger partial charge in [0.05, 0.1) is 5.69 Å². The van der Waals surface area contributed by atoms with E-state index in [4.69, 9.17) is 5.73 Å². The number of benzene rings is 2. The van der Waals surface area contributed by atoms with Gasteiger partial charge in [0, 0.05) is 13.0 Å². The van der Waals surface area contributed by atoms with E-state index in [1.54, 1.807) is 13.0 Å². The first kappa shape index (κ1) is 15.8. The highest BCUT2D eigenvalue weighted by Gasteiger charge is 2.06. The minimum absolute atomic E-state index is 0.0830. The number of nitrogen functional groups attached to an aromatic ring is 1. The molecule has 0 saturated carbocycles. The molecule has 0 aliphatic carbocycles. The normalized spacial score (nSPS) is 10.5. The van der Waals surface area contributed by atoms with Gasteiger partial charge in [0.2, 0.25) is 5.91 Å². The van der Waals surface area contributed by atoms with Gasteiger partial charge in [0.1, 0.15) is 11.6 Å². The number of anilines is 3. The molecule has 0 bridgehead atoms. The highest BCUT2D eigenvalue weighted by molar-refractivity contribution is 5.93. The Bertz CT molecular complexity index is 876. The number of aromatic nitrogens is 1. The number of carbonyl (C=O) groups excluding carboxylic acids is 1. The Morgan fingerprint density at radius 1 is 1.08 bits per heavy atom. The average molecular weight is 320 g/mol. The standard InChI is InChI=1S/C19H20N4O/c1-2-18(24)22-16-9-10-17(23-19(16)20)21-12-13-7-8-14-5-3-4-6-15(14)11-13/h3-11H,2,12H2,1H3,(H,22,24)(H3,20,21,23). The molecule has 0 aliphatic rings. The number of amides is 1. The van der Waals surface area contributed by atoms with Crippen molar-refractivity contribution in [1.82, 2.24) is 4.98 Å². The zero-order chi connectivity index (χ0) is 16.9. The smallest absolute Gasteiger partial charge is 0.224 e. The number of hydrogen-bond acceptors (Lipinski definition) is 4. The third-order valence-electron chi connectivity index (χ3n) is 3.81. The predicted molar refractivity (Wildman–Crippen MR) is 98.8 cm³/mol. The molecular weight excluding hydrogens is 300 g/mol. The minimum Gasteiger partial charge on any atom is -0.382 e. The molecule has 0 saturated heterocycles. The van der Waals surface area contributed by atoms with Crippen LogP contribution in [0.1, 0.15) is 18.9 Å². The number of pyridine rings is 1. The summed E-state index contributed by atoms with van der Waals surface area (Å²) in [5.41, 5.74) is 7.61. The van der Waals surface area contributed by atoms with E-state index in [1.807, 2.05) is 18.2 Å². The first-order valence-corrected chi connectivity index (χ1v) is 7.93. The minimum atomic E-state index is -0.0830. The summed E-state index contributed by atoms with van der Waals surface area (Å²) < 4.78 is 0. The SMILES string of the molecule is CCC(=O)Nc1ccc(NCc2ccc3ccccc3c2)nc1N. The Morgan fingerprint density at radius 3 is 2.62 bits per heavy atom. The van der Waals surface area contributed by atoms with Gasteiger partial charge in [0.15, 0.2) is 0 Å². The maximum atomic E-state index is 11.4. The van der Waals surface area contributed by atoms with Crippen LogP contribution in [0.25, 0.3) is 10.8 Å². The second-order valence-electron chi connectivity index (χ2n) is 5.57. The van der Waals surface area contributed by atoms with Crippen molar-refractivity contribution >= 4 is 34.0 Å². The van der Waals surface area contributed by atoms with E-state index >= 15 is 0 Å². The quantitative estimate of drug-likeness (QED) is 0.668. The van der Waals surface area contributed by atoms with Crippen molar-refractivity contribution in [3.63, 3.8) is 0 Å². The summed E-state index contributed by atoms with van der Waals surface area (Å²) >= 11 is 0. The molecule has 122 valence electrons. The van der Waals surface area contributed by atoms with E-state index in [2.05, 4.69) is 45.9 Å². The summed E-state index contributed by atoms with van der Waals surface area (Å²) in [6.45, 7) is 2.44. The van der Waals surface area contributed by atoms with Gasteiger partial charge in [-0.25, -0.2) is 4.98 Å². The molecule has 0 fully saturated rings. The first-order valence-electron chi connectivity index (χ1n) is 7.93. The Hall–Kier alpha value is -3.08. The fourth-order valence-corrected chi connectivity index (χ4v) is 2.46. The zero-order valence-corrected chi connectivity index (χ0v) is 13.5. The molecule has 0 unspecified atom stereocenters. The molecule has 0 aliphatic heterocycles. The van der Waals surface area contributed by atoms with E-state index in [1.165, 1.54) is 10.8 Å². The third kappa shape index (κ3) is 3.63. The molecule has 1 amide bonds. The lowest BCUT2D eigenvalue weighted by molar-refractivity contribution is -0.115. The summed E-state index contributed by atoms with van der Waals surface area (Å²) in [4.78, 5) is 15.7. The van der Waals surface area contributed by atoms with Crippen molar-refractivity contribution in [2.75, 3.05) is 16.4 Å². The van der Waals surface area contributed by atoms with Gasteiger partial charge < -0.3 is 16.4 Å². The molecule has 2 aromatic carbocycles. The van der Waals surface area contributed by atoms with Crippen molar-refractivity contribution in [2.24, 2.45) is 0 Å². The molecule has 1 aromatic heterocycles. The molecule has 1 heterocycles. The van der Waals surface area contributed by atoms with Gasteiger partial charge in [-0.3, -0.25) is 4.79 Å². The summed E-state index contributed by atoms with van der Waals surface area (Å²) in [5, 5.41) is 8.42. The predicted octanol–water partition coefficient (Wildman–Crippen LogP) is 3.78. The lowest BCUT2D eigenvalue weighted by atomic mass is 10.1. The molecule has 4 N–H and O–H groups in total. The van der Waals surface area contributed by atoms with E-state index in [0.29, 0.717) is 30.3 Å². The topological polar surface area (TPSA) is 80.0 Å². The molecule has 5 nitrogen and oxygen atoms in total. The van der Waals surface area contributed by atoms with Crippen LogP contribution in [0, 0.1) is 0 Å². The number of nitrogens with zero attached hydrogens (tertiary/aromatic N) is 1. The lowest BCUT2D eigenvalue weighted by Gasteiger charge is -2.10. The van der Waals surface area contributed by atoms with Gasteiger partial charge in [-0.05, 0) is 34.5 Å². The molecule has 3 rings (SSSR count). The van der Waals surface area contributed by atoms with Crippen LogP contribution < -0.4 is 16.4 Å². The number of carbonyl (C=O) groups is 1. The second kappa shape index (κ2) is 7.00. The number of nitrogens with two attached hydrogens (primary N) is 1. The fraction of sp³-hybridized carbons (Fsp3) is 0.158. The third-order valence-corrected chi connectivity index (χ3v) is 3.81. The maximum Gasteiger partial charge on any atom is 0.224 e. The van der Waals surface area contributed by atoms with E-state index < -0.39 is 0 Å². The largest absolute Gasteiger partial charge is 0.382 e.